The highest BCUT2D eigenvalue weighted by molar-refractivity contribution is 5.49. The molecule has 2 fully saturated rings. The van der Waals surface area contributed by atoms with E-state index in [0.29, 0.717) is 0 Å². The average molecular weight is 276 g/mol. The van der Waals surface area contributed by atoms with E-state index in [1.54, 1.807) is 6.33 Å². The zero-order valence-corrected chi connectivity index (χ0v) is 12.4. The molecule has 1 saturated carbocycles. The van der Waals surface area contributed by atoms with Crippen LogP contribution in [-0.2, 0) is 4.74 Å². The summed E-state index contributed by atoms with van der Waals surface area (Å²) in [7, 11) is 0. The number of ether oxygens (including phenoxy) is 1. The zero-order valence-electron chi connectivity index (χ0n) is 12.4. The van der Waals surface area contributed by atoms with Gasteiger partial charge in [0.15, 0.2) is 0 Å². The van der Waals surface area contributed by atoms with Crippen molar-refractivity contribution in [1.82, 2.24) is 9.97 Å². The van der Waals surface area contributed by atoms with Crippen LogP contribution in [0.15, 0.2) is 12.4 Å². The van der Waals surface area contributed by atoms with Gasteiger partial charge in [-0.15, -0.1) is 0 Å². The highest BCUT2D eigenvalue weighted by Gasteiger charge is 2.31. The Labute approximate surface area is 120 Å². The quantitative estimate of drug-likeness (QED) is 0.894. The van der Waals surface area contributed by atoms with E-state index in [1.165, 1.54) is 12.8 Å². The van der Waals surface area contributed by atoms with Gasteiger partial charge < -0.3 is 15.0 Å². The van der Waals surface area contributed by atoms with Crippen molar-refractivity contribution in [3.05, 3.63) is 12.4 Å². The van der Waals surface area contributed by atoms with E-state index in [1.807, 2.05) is 0 Å². The molecule has 0 spiro atoms. The SMILES string of the molecule is CCC1(C)CN(c2cc(NCC3CC3)ncn2)CCO1. The lowest BCUT2D eigenvalue weighted by atomic mass is 10.0. The molecular formula is C15H24N4O. The van der Waals surface area contributed by atoms with Crippen molar-refractivity contribution in [1.29, 1.82) is 0 Å². The summed E-state index contributed by atoms with van der Waals surface area (Å²) in [6.45, 7) is 7.93. The normalized spacial score (nSPS) is 26.6. The molecule has 1 aromatic rings. The molecule has 0 aromatic carbocycles. The maximum absolute atomic E-state index is 5.88. The number of nitrogens with one attached hydrogen (secondary N) is 1. The summed E-state index contributed by atoms with van der Waals surface area (Å²) in [5.74, 6) is 2.79. The maximum atomic E-state index is 5.88. The van der Waals surface area contributed by atoms with Gasteiger partial charge in [0.25, 0.3) is 0 Å². The summed E-state index contributed by atoms with van der Waals surface area (Å²) < 4.78 is 5.88. The first kappa shape index (κ1) is 13.6. The predicted octanol–water partition coefficient (Wildman–Crippen LogP) is 2.30. The van der Waals surface area contributed by atoms with E-state index in [9.17, 15) is 0 Å². The molecule has 20 heavy (non-hydrogen) atoms. The van der Waals surface area contributed by atoms with Crippen LogP contribution in [-0.4, -0.2) is 41.8 Å². The lowest BCUT2D eigenvalue weighted by Gasteiger charge is -2.40. The minimum absolute atomic E-state index is 0.0647. The van der Waals surface area contributed by atoms with E-state index in [-0.39, 0.29) is 5.60 Å². The molecule has 1 aromatic heterocycles. The summed E-state index contributed by atoms with van der Waals surface area (Å²) in [5, 5.41) is 3.41. The molecule has 5 nitrogen and oxygen atoms in total. The summed E-state index contributed by atoms with van der Waals surface area (Å²) in [5.41, 5.74) is -0.0647. The molecule has 1 aliphatic carbocycles. The summed E-state index contributed by atoms with van der Waals surface area (Å²) >= 11 is 0. The topological polar surface area (TPSA) is 50.3 Å². The number of nitrogens with zero attached hydrogens (tertiary/aromatic N) is 3. The Kier molecular flexibility index (Phi) is 3.78. The Morgan fingerprint density at radius 1 is 1.45 bits per heavy atom. The predicted molar refractivity (Wildman–Crippen MR) is 80.1 cm³/mol. The van der Waals surface area contributed by atoms with Crippen LogP contribution in [0.4, 0.5) is 11.6 Å². The Morgan fingerprint density at radius 3 is 3.05 bits per heavy atom. The third kappa shape index (κ3) is 3.20. The molecule has 110 valence electrons. The molecule has 0 amide bonds. The standard InChI is InChI=1S/C15H24N4O/c1-3-15(2)10-19(6-7-20-15)14-8-13(17-11-18-14)16-9-12-4-5-12/h8,11-12H,3-7,9-10H2,1-2H3,(H,16,17,18). The molecule has 1 saturated heterocycles. The second-order valence-corrected chi connectivity index (χ2v) is 6.16. The van der Waals surface area contributed by atoms with Crippen molar-refractivity contribution >= 4 is 11.6 Å². The van der Waals surface area contributed by atoms with Gasteiger partial charge in [0.2, 0.25) is 0 Å². The Morgan fingerprint density at radius 2 is 2.30 bits per heavy atom. The molecule has 1 unspecified atom stereocenters. The second kappa shape index (κ2) is 5.56. The number of anilines is 2. The molecule has 5 heteroatoms. The highest BCUT2D eigenvalue weighted by Crippen LogP contribution is 2.29. The molecule has 2 aliphatic rings. The van der Waals surface area contributed by atoms with Gasteiger partial charge in [-0.05, 0) is 32.1 Å². The van der Waals surface area contributed by atoms with Crippen LogP contribution in [0.3, 0.4) is 0 Å². The molecule has 1 N–H and O–H groups in total. The Hall–Kier alpha value is -1.36. The van der Waals surface area contributed by atoms with Gasteiger partial charge in [-0.1, -0.05) is 6.92 Å². The minimum Gasteiger partial charge on any atom is -0.372 e. The van der Waals surface area contributed by atoms with Gasteiger partial charge in [0, 0.05) is 25.7 Å². The summed E-state index contributed by atoms with van der Waals surface area (Å²) in [6, 6.07) is 2.06. The fourth-order valence-electron chi connectivity index (χ4n) is 2.53. The zero-order chi connectivity index (χ0) is 14.0. The van der Waals surface area contributed by atoms with Crippen LogP contribution < -0.4 is 10.2 Å². The van der Waals surface area contributed by atoms with Gasteiger partial charge in [0.05, 0.1) is 12.2 Å². The number of hydrogen-bond acceptors (Lipinski definition) is 5. The maximum Gasteiger partial charge on any atom is 0.134 e. The van der Waals surface area contributed by atoms with Gasteiger partial charge >= 0.3 is 0 Å². The number of morpholine rings is 1. The molecule has 2 heterocycles. The third-order valence-electron chi connectivity index (χ3n) is 4.33. The lowest BCUT2D eigenvalue weighted by molar-refractivity contribution is -0.0443. The molecular weight excluding hydrogens is 252 g/mol. The van der Waals surface area contributed by atoms with Crippen LogP contribution in [0.1, 0.15) is 33.1 Å². The van der Waals surface area contributed by atoms with Crippen LogP contribution in [0.25, 0.3) is 0 Å². The molecule has 1 atom stereocenters. The second-order valence-electron chi connectivity index (χ2n) is 6.16. The Bertz CT molecular complexity index is 463. The minimum atomic E-state index is -0.0647. The monoisotopic (exact) mass is 276 g/mol. The van der Waals surface area contributed by atoms with Gasteiger partial charge in [-0.3, -0.25) is 0 Å². The number of rotatable bonds is 5. The van der Waals surface area contributed by atoms with Crippen molar-refractivity contribution in [2.45, 2.75) is 38.7 Å². The summed E-state index contributed by atoms with van der Waals surface area (Å²) in [4.78, 5) is 11.0. The number of hydrogen-bond donors (Lipinski definition) is 1. The lowest BCUT2D eigenvalue weighted by Crippen LogP contribution is -2.50. The van der Waals surface area contributed by atoms with E-state index in [4.69, 9.17) is 4.74 Å². The first-order valence-corrected chi connectivity index (χ1v) is 7.63. The molecule has 1 aliphatic heterocycles. The van der Waals surface area contributed by atoms with E-state index >= 15 is 0 Å². The number of aromatic nitrogens is 2. The van der Waals surface area contributed by atoms with E-state index in [0.717, 1.165) is 50.2 Å². The van der Waals surface area contributed by atoms with Gasteiger partial charge in [-0.2, -0.15) is 0 Å². The van der Waals surface area contributed by atoms with Crippen molar-refractivity contribution in [3.63, 3.8) is 0 Å². The average Bonchev–Trinajstić information content (AvgIpc) is 3.30. The first-order valence-electron chi connectivity index (χ1n) is 7.63. The molecule has 0 radical (unpaired) electrons. The fraction of sp³-hybridized carbons (Fsp3) is 0.733. The van der Waals surface area contributed by atoms with Crippen LogP contribution in [0.5, 0.6) is 0 Å². The third-order valence-corrected chi connectivity index (χ3v) is 4.33. The fourth-order valence-corrected chi connectivity index (χ4v) is 2.53. The molecule has 3 rings (SSSR count). The van der Waals surface area contributed by atoms with E-state index in [2.05, 4.69) is 40.1 Å². The first-order chi connectivity index (χ1) is 9.68. The Balaban J connectivity index is 1.67. The van der Waals surface area contributed by atoms with Gasteiger partial charge in [-0.25, -0.2) is 9.97 Å². The van der Waals surface area contributed by atoms with Gasteiger partial charge in [0.1, 0.15) is 18.0 Å². The smallest absolute Gasteiger partial charge is 0.134 e. The highest BCUT2D eigenvalue weighted by atomic mass is 16.5. The summed E-state index contributed by atoms with van der Waals surface area (Å²) in [6.07, 6.45) is 5.37. The van der Waals surface area contributed by atoms with Crippen LogP contribution in [0.2, 0.25) is 0 Å². The van der Waals surface area contributed by atoms with Crippen molar-refractivity contribution < 1.29 is 4.74 Å². The van der Waals surface area contributed by atoms with Crippen molar-refractivity contribution in [3.8, 4) is 0 Å². The van der Waals surface area contributed by atoms with E-state index < -0.39 is 0 Å². The molecule has 0 bridgehead atoms. The largest absolute Gasteiger partial charge is 0.372 e. The van der Waals surface area contributed by atoms with Crippen LogP contribution >= 0.6 is 0 Å². The van der Waals surface area contributed by atoms with Crippen molar-refractivity contribution in [2.75, 3.05) is 36.5 Å². The van der Waals surface area contributed by atoms with Crippen molar-refractivity contribution in [2.24, 2.45) is 5.92 Å². The van der Waals surface area contributed by atoms with Crippen LogP contribution in [0, 0.1) is 5.92 Å².